The highest BCUT2D eigenvalue weighted by atomic mass is 32.1. The number of ether oxygens (including phenoxy) is 8. The van der Waals surface area contributed by atoms with Gasteiger partial charge in [-0.2, -0.15) is 0 Å². The van der Waals surface area contributed by atoms with Gasteiger partial charge in [0.1, 0.15) is 31.2 Å². The second-order valence-corrected chi connectivity index (χ2v) is 21.9. The molecule has 2 fully saturated rings. The Bertz CT molecular complexity index is 2280. The Labute approximate surface area is 399 Å². The minimum absolute atomic E-state index is 0.0438. The molecule has 1 amide bonds. The number of carbonyl (C=O) groups is 1. The van der Waals surface area contributed by atoms with Gasteiger partial charge in [-0.05, 0) is 84.1 Å². The number of hydrogen-bond acceptors (Lipinski definition) is 13. The molecule has 2 saturated heterocycles. The van der Waals surface area contributed by atoms with Crippen molar-refractivity contribution in [2.75, 3.05) is 33.5 Å². The Morgan fingerprint density at radius 3 is 2.18 bits per heavy atom. The fraction of sp³-hybridized carbons (Fsp3) is 0.451. The highest BCUT2D eigenvalue weighted by Gasteiger charge is 2.49. The van der Waals surface area contributed by atoms with E-state index in [4.69, 9.17) is 54.5 Å². The van der Waals surface area contributed by atoms with Crippen LogP contribution in [0.25, 0.3) is 11.1 Å². The van der Waals surface area contributed by atoms with Crippen LogP contribution in [0, 0.1) is 10.1 Å². The Hall–Kier alpha value is -5.04. The van der Waals surface area contributed by atoms with Gasteiger partial charge in [0, 0.05) is 44.3 Å². The topological polar surface area (TPSA) is 147 Å². The molecule has 0 spiro atoms. The number of fused-ring (bicyclic) bond motifs is 3. The van der Waals surface area contributed by atoms with Crippen LogP contribution in [0.2, 0.25) is 18.1 Å². The summed E-state index contributed by atoms with van der Waals surface area (Å²) < 4.78 is 57.7. The molecule has 7 atom stereocenters. The van der Waals surface area contributed by atoms with Crippen LogP contribution < -0.4 is 4.74 Å². The molecule has 0 bridgehead atoms. The van der Waals surface area contributed by atoms with E-state index in [0.29, 0.717) is 17.9 Å². The molecule has 7 rings (SSSR count). The van der Waals surface area contributed by atoms with E-state index in [1.54, 1.807) is 42.3 Å². The molecule has 4 aromatic rings. The van der Waals surface area contributed by atoms with Gasteiger partial charge in [-0.3, -0.25) is 10.1 Å². The normalized spacial score (nSPS) is 23.3. The summed E-state index contributed by atoms with van der Waals surface area (Å²) in [6.45, 7) is 10.8. The van der Waals surface area contributed by atoms with E-state index in [9.17, 15) is 14.9 Å². The van der Waals surface area contributed by atoms with E-state index < -0.39 is 62.4 Å². The summed E-state index contributed by atoms with van der Waals surface area (Å²) in [4.78, 5) is 27.2. The maximum Gasteiger partial charge on any atom is 0.410 e. The van der Waals surface area contributed by atoms with Gasteiger partial charge in [-0.15, -0.1) is 0 Å². The number of thiocarbonyl (C=S) groups is 1. The van der Waals surface area contributed by atoms with Gasteiger partial charge in [-0.25, -0.2) is 4.79 Å². The van der Waals surface area contributed by atoms with Crippen molar-refractivity contribution in [2.24, 2.45) is 0 Å². The molecule has 0 radical (unpaired) electrons. The van der Waals surface area contributed by atoms with Gasteiger partial charge < -0.3 is 47.2 Å². The van der Waals surface area contributed by atoms with Crippen LogP contribution in [0.3, 0.4) is 0 Å². The Morgan fingerprint density at radius 2 is 1.54 bits per heavy atom. The first-order valence-electron chi connectivity index (χ1n) is 23.2. The van der Waals surface area contributed by atoms with Crippen molar-refractivity contribution in [2.45, 2.75) is 115 Å². The molecule has 14 nitrogen and oxygen atoms in total. The number of hydrogen-bond donors (Lipinski definition) is 0. The second kappa shape index (κ2) is 23.3. The zero-order valence-electron chi connectivity index (χ0n) is 39.1. The Kier molecular flexibility index (Phi) is 17.3. The van der Waals surface area contributed by atoms with Crippen molar-refractivity contribution in [3.63, 3.8) is 0 Å². The van der Waals surface area contributed by atoms with Crippen LogP contribution in [0.1, 0.15) is 63.6 Å². The van der Waals surface area contributed by atoms with Crippen LogP contribution in [-0.2, 0) is 44.2 Å². The maximum absolute atomic E-state index is 14.0. The first kappa shape index (κ1) is 49.9. The summed E-state index contributed by atoms with van der Waals surface area (Å²) in [6, 6.07) is 34.1. The van der Waals surface area contributed by atoms with Gasteiger partial charge in [0.25, 0.3) is 5.69 Å². The third-order valence-corrected chi connectivity index (χ3v) is 18.1. The minimum Gasteiger partial charge on any atom is -0.452 e. The SMILES string of the molecule is CCN(C(=O)OCC1c2ccccc2-c2ccccc21)[C@H]1CO[C@@H](O[C@H]2[C@H](OCc3ccccc3[N+](=O)[O-])O[C@H](C)/C(=C\COC(=S)Oc3ccccc3)[C@@H]2O[Si](CC)(CC)CC)C[C@@H]1OC. The standard InChI is InChI=1S/C51H62N2O12SSi/c1-7-52(50(54)61-32-42-40-25-17-15-23-38(40)39-24-16-18-26-41(39)42)44-33-59-46(30-45(44)57-6)64-48-47(65-67(8-2,9-3)10-4)37(28-29-58-51(66)63-36-21-12-11-13-22-36)34(5)62-49(48)60-31-35-20-14-19-27-43(35)53(55)56/h11-28,34,42,44-49H,7-10,29-33H2,1-6H3/b37-28+/t34-,44+,45+,46+,47+,48-,49-/m1/s1. The first-order valence-corrected chi connectivity index (χ1v) is 26.1. The molecule has 0 saturated carbocycles. The lowest BCUT2D eigenvalue weighted by Crippen LogP contribution is -2.59. The van der Waals surface area contributed by atoms with Crippen LogP contribution >= 0.6 is 12.2 Å². The van der Waals surface area contributed by atoms with E-state index in [1.165, 1.54) is 6.07 Å². The van der Waals surface area contributed by atoms with Crippen molar-refractivity contribution in [1.82, 2.24) is 4.90 Å². The van der Waals surface area contributed by atoms with Gasteiger partial charge in [0.05, 0.1) is 42.0 Å². The van der Waals surface area contributed by atoms with Crippen LogP contribution in [0.5, 0.6) is 5.75 Å². The van der Waals surface area contributed by atoms with E-state index in [0.717, 1.165) is 46.0 Å². The zero-order valence-corrected chi connectivity index (χ0v) is 40.9. The van der Waals surface area contributed by atoms with Crippen molar-refractivity contribution in [3.8, 4) is 16.9 Å². The monoisotopic (exact) mass is 954 g/mol. The molecular formula is C51H62N2O12SSi. The molecule has 0 unspecified atom stereocenters. The number of nitro groups is 1. The van der Waals surface area contributed by atoms with Crippen LogP contribution in [0.15, 0.2) is 115 Å². The molecule has 4 aromatic carbocycles. The van der Waals surface area contributed by atoms with Crippen molar-refractivity contribution in [1.29, 1.82) is 0 Å². The minimum atomic E-state index is -2.39. The lowest BCUT2D eigenvalue weighted by atomic mass is 9.95. The highest BCUT2D eigenvalue weighted by Crippen LogP contribution is 2.45. The van der Waals surface area contributed by atoms with Crippen molar-refractivity contribution in [3.05, 3.63) is 142 Å². The number of likely N-dealkylation sites (N-methyl/N-ethyl adjacent to an activating group) is 1. The number of benzene rings is 4. The smallest absolute Gasteiger partial charge is 0.410 e. The molecule has 67 heavy (non-hydrogen) atoms. The largest absolute Gasteiger partial charge is 0.452 e. The van der Waals surface area contributed by atoms with Crippen LogP contribution in [-0.4, -0.2) is 106 Å². The summed E-state index contributed by atoms with van der Waals surface area (Å²) in [5, 5.41) is 12.0. The highest BCUT2D eigenvalue weighted by molar-refractivity contribution is 7.79. The number of rotatable bonds is 19. The van der Waals surface area contributed by atoms with Crippen molar-refractivity contribution < 1.29 is 52.0 Å². The fourth-order valence-electron chi connectivity index (χ4n) is 9.40. The number of methoxy groups -OCH3 is 1. The number of amides is 1. The predicted molar refractivity (Wildman–Crippen MR) is 259 cm³/mol. The lowest BCUT2D eigenvalue weighted by Gasteiger charge is -2.47. The average molecular weight is 955 g/mol. The van der Waals surface area contributed by atoms with E-state index in [2.05, 4.69) is 45.0 Å². The molecule has 358 valence electrons. The third kappa shape index (κ3) is 11.6. The van der Waals surface area contributed by atoms with E-state index in [-0.39, 0.29) is 49.7 Å². The van der Waals surface area contributed by atoms with Gasteiger partial charge in [0.15, 0.2) is 20.9 Å². The maximum atomic E-state index is 14.0. The summed E-state index contributed by atoms with van der Waals surface area (Å²) >= 11 is 5.43. The van der Waals surface area contributed by atoms with Crippen LogP contribution in [0.4, 0.5) is 10.5 Å². The molecule has 0 N–H and O–H groups in total. The van der Waals surface area contributed by atoms with E-state index >= 15 is 0 Å². The molecule has 2 heterocycles. The van der Waals surface area contributed by atoms with Gasteiger partial charge in [0.2, 0.25) is 0 Å². The van der Waals surface area contributed by atoms with Gasteiger partial charge in [-0.1, -0.05) is 99.6 Å². The molecule has 3 aliphatic rings. The summed E-state index contributed by atoms with van der Waals surface area (Å²) in [7, 11) is -0.784. The summed E-state index contributed by atoms with van der Waals surface area (Å²) in [6.07, 6.45) is -2.90. The Morgan fingerprint density at radius 1 is 0.896 bits per heavy atom. The molecule has 0 aromatic heterocycles. The number of nitro benzene ring substituents is 1. The summed E-state index contributed by atoms with van der Waals surface area (Å²) in [5.74, 6) is 0.462. The first-order chi connectivity index (χ1) is 32.5. The number of carbonyl (C=O) groups excluding carboxylic acids is 1. The number of nitrogens with zero attached hydrogens (tertiary/aromatic N) is 2. The lowest BCUT2D eigenvalue weighted by molar-refractivity contribution is -0.386. The van der Waals surface area contributed by atoms with Gasteiger partial charge >= 0.3 is 11.3 Å². The summed E-state index contributed by atoms with van der Waals surface area (Å²) in [5.41, 5.74) is 5.63. The number of para-hydroxylation sites is 2. The zero-order chi connectivity index (χ0) is 47.5. The molecule has 16 heteroatoms. The van der Waals surface area contributed by atoms with E-state index in [1.807, 2.05) is 62.4 Å². The molecular weight excluding hydrogens is 893 g/mol. The quantitative estimate of drug-likeness (QED) is 0.0289. The average Bonchev–Trinajstić information content (AvgIpc) is 3.67. The second-order valence-electron chi connectivity index (χ2n) is 16.8. The molecule has 1 aliphatic carbocycles. The Balaban J connectivity index is 1.12. The van der Waals surface area contributed by atoms with Crippen molar-refractivity contribution >= 4 is 37.6 Å². The fourth-order valence-corrected chi connectivity index (χ4v) is 12.4. The molecule has 2 aliphatic heterocycles. The third-order valence-electron chi connectivity index (χ3n) is 13.3. The predicted octanol–water partition coefficient (Wildman–Crippen LogP) is 10.3.